The Morgan fingerprint density at radius 1 is 1.55 bits per heavy atom. The summed E-state index contributed by atoms with van der Waals surface area (Å²) >= 11 is 0. The molecule has 1 aliphatic heterocycles. The molecule has 3 N–H and O–H groups in total. The van der Waals surface area contributed by atoms with Crippen molar-refractivity contribution < 1.29 is 28.2 Å². The highest BCUT2D eigenvalue weighted by atomic mass is 19.4. The van der Waals surface area contributed by atoms with Gasteiger partial charge in [0, 0.05) is 13.6 Å². The number of urea groups is 1. The van der Waals surface area contributed by atoms with Crippen molar-refractivity contribution in [1.82, 2.24) is 20.0 Å². The molecule has 22 heavy (non-hydrogen) atoms. The molecule has 1 aliphatic rings. The molecular weight excluding hydrogens is 305 g/mol. The van der Waals surface area contributed by atoms with Crippen LogP contribution in [-0.2, 0) is 19.8 Å². The first-order valence-electron chi connectivity index (χ1n) is 6.65. The molecule has 7 nitrogen and oxygen atoms in total. The van der Waals surface area contributed by atoms with Gasteiger partial charge in [-0.15, -0.1) is 0 Å². The van der Waals surface area contributed by atoms with Gasteiger partial charge in [0.05, 0.1) is 42.8 Å². The highest BCUT2D eigenvalue weighted by Crippen LogP contribution is 2.31. The van der Waals surface area contributed by atoms with Crippen LogP contribution in [0.2, 0.25) is 0 Å². The molecule has 2 atom stereocenters. The summed E-state index contributed by atoms with van der Waals surface area (Å²) in [4.78, 5) is 13.2. The standard InChI is InChI=1S/C12H17F3N4O3/c1-18-10(9(3-17-18)12(13,14)15)4-16-11(22)19-5-8(21)2-7(19)6-20/h3,7-8,20-21H,2,4-6H2,1H3,(H,16,22)/t7-,8+/m0/s1. The molecule has 1 aromatic heterocycles. The van der Waals surface area contributed by atoms with E-state index in [0.717, 1.165) is 4.68 Å². The Morgan fingerprint density at radius 3 is 2.82 bits per heavy atom. The maximum Gasteiger partial charge on any atom is 0.419 e. The third-order valence-corrected chi connectivity index (χ3v) is 3.64. The Kier molecular flexibility index (Phi) is 4.61. The minimum atomic E-state index is -4.55. The average molecular weight is 322 g/mol. The first-order valence-corrected chi connectivity index (χ1v) is 6.65. The lowest BCUT2D eigenvalue weighted by Gasteiger charge is -2.23. The van der Waals surface area contributed by atoms with E-state index in [1.165, 1.54) is 11.9 Å². The van der Waals surface area contributed by atoms with Gasteiger partial charge in [0.15, 0.2) is 0 Å². The highest BCUT2D eigenvalue weighted by molar-refractivity contribution is 5.75. The number of halogens is 3. The number of likely N-dealkylation sites (tertiary alicyclic amines) is 1. The van der Waals surface area contributed by atoms with E-state index < -0.39 is 29.9 Å². The molecule has 2 amide bonds. The maximum absolute atomic E-state index is 12.8. The van der Waals surface area contributed by atoms with Crippen molar-refractivity contribution in [2.75, 3.05) is 13.2 Å². The summed E-state index contributed by atoms with van der Waals surface area (Å²) in [6.45, 7) is -0.631. The smallest absolute Gasteiger partial charge is 0.394 e. The number of carbonyl (C=O) groups is 1. The van der Waals surface area contributed by atoms with Crippen LogP contribution in [0.25, 0.3) is 0 Å². The van der Waals surface area contributed by atoms with Crippen LogP contribution in [0.5, 0.6) is 0 Å². The van der Waals surface area contributed by atoms with Crippen LogP contribution in [0.15, 0.2) is 6.20 Å². The van der Waals surface area contributed by atoms with Crippen molar-refractivity contribution in [1.29, 1.82) is 0 Å². The van der Waals surface area contributed by atoms with Crippen LogP contribution >= 0.6 is 0 Å². The lowest BCUT2D eigenvalue weighted by Crippen LogP contribution is -2.44. The van der Waals surface area contributed by atoms with Crippen molar-refractivity contribution in [3.63, 3.8) is 0 Å². The summed E-state index contributed by atoms with van der Waals surface area (Å²) in [5.41, 5.74) is -1.07. The van der Waals surface area contributed by atoms with Crippen molar-refractivity contribution in [2.45, 2.75) is 31.3 Å². The minimum Gasteiger partial charge on any atom is -0.394 e. The van der Waals surface area contributed by atoms with Gasteiger partial charge < -0.3 is 20.4 Å². The summed E-state index contributed by atoms with van der Waals surface area (Å²) in [7, 11) is 1.35. The number of aryl methyl sites for hydroxylation is 1. The van der Waals surface area contributed by atoms with Gasteiger partial charge in [-0.25, -0.2) is 4.79 Å². The molecule has 0 aliphatic carbocycles. The topological polar surface area (TPSA) is 90.6 Å². The van der Waals surface area contributed by atoms with Gasteiger partial charge in [-0.2, -0.15) is 18.3 Å². The van der Waals surface area contributed by atoms with E-state index in [4.69, 9.17) is 5.11 Å². The number of aliphatic hydroxyl groups is 2. The number of aliphatic hydroxyl groups excluding tert-OH is 2. The summed E-state index contributed by atoms with van der Waals surface area (Å²) in [6, 6.07) is -1.17. The fourth-order valence-electron chi connectivity index (χ4n) is 2.48. The third kappa shape index (κ3) is 3.33. The summed E-state index contributed by atoms with van der Waals surface area (Å²) in [5, 5.41) is 24.6. The lowest BCUT2D eigenvalue weighted by molar-refractivity contribution is -0.138. The summed E-state index contributed by atoms with van der Waals surface area (Å²) in [6.07, 6.45) is -4.35. The molecule has 0 bridgehead atoms. The van der Waals surface area contributed by atoms with Gasteiger partial charge in [-0.3, -0.25) is 4.68 Å². The van der Waals surface area contributed by atoms with Crippen LogP contribution < -0.4 is 5.32 Å². The Labute approximate surface area is 124 Å². The summed E-state index contributed by atoms with van der Waals surface area (Å²) in [5.74, 6) is 0. The van der Waals surface area contributed by atoms with Crippen molar-refractivity contribution in [3.05, 3.63) is 17.5 Å². The Balaban J connectivity index is 2.04. The fourth-order valence-corrected chi connectivity index (χ4v) is 2.48. The monoisotopic (exact) mass is 322 g/mol. The van der Waals surface area contributed by atoms with E-state index >= 15 is 0 Å². The normalized spacial score (nSPS) is 22.2. The minimum absolute atomic E-state index is 0.0363. The zero-order valence-corrected chi connectivity index (χ0v) is 11.8. The van der Waals surface area contributed by atoms with Gasteiger partial charge >= 0.3 is 12.2 Å². The fraction of sp³-hybridized carbons (Fsp3) is 0.667. The Bertz CT molecular complexity index is 546. The maximum atomic E-state index is 12.8. The second kappa shape index (κ2) is 6.13. The van der Waals surface area contributed by atoms with Gasteiger partial charge in [-0.05, 0) is 6.42 Å². The van der Waals surface area contributed by atoms with Crippen LogP contribution in [0, 0.1) is 0 Å². The van der Waals surface area contributed by atoms with E-state index in [9.17, 15) is 23.1 Å². The van der Waals surface area contributed by atoms with Crippen LogP contribution in [0.4, 0.5) is 18.0 Å². The predicted octanol–water partition coefficient (Wildman–Crippen LogP) is 0.0760. The predicted molar refractivity (Wildman–Crippen MR) is 68.6 cm³/mol. The second-order valence-electron chi connectivity index (χ2n) is 5.16. The molecule has 10 heteroatoms. The Morgan fingerprint density at radius 2 is 2.23 bits per heavy atom. The molecule has 0 spiro atoms. The van der Waals surface area contributed by atoms with Crippen molar-refractivity contribution in [2.24, 2.45) is 7.05 Å². The number of nitrogens with zero attached hydrogens (tertiary/aromatic N) is 3. The van der Waals surface area contributed by atoms with Crippen molar-refractivity contribution in [3.8, 4) is 0 Å². The first kappa shape index (κ1) is 16.6. The third-order valence-electron chi connectivity index (χ3n) is 3.64. The van der Waals surface area contributed by atoms with Gasteiger partial charge in [-0.1, -0.05) is 0 Å². The number of hydrogen-bond donors (Lipinski definition) is 3. The molecule has 124 valence electrons. The Hall–Kier alpha value is -1.81. The largest absolute Gasteiger partial charge is 0.419 e. The number of carbonyl (C=O) groups excluding carboxylic acids is 1. The molecule has 0 saturated carbocycles. The highest BCUT2D eigenvalue weighted by Gasteiger charge is 2.37. The molecule has 2 heterocycles. The van der Waals surface area contributed by atoms with Crippen LogP contribution in [-0.4, -0.2) is 56.2 Å². The number of aromatic nitrogens is 2. The second-order valence-corrected chi connectivity index (χ2v) is 5.16. The van der Waals surface area contributed by atoms with Crippen LogP contribution in [0.3, 0.4) is 0 Å². The molecule has 1 aromatic rings. The van der Waals surface area contributed by atoms with E-state index in [0.29, 0.717) is 6.20 Å². The van der Waals surface area contributed by atoms with E-state index in [1.807, 2.05) is 0 Å². The number of rotatable bonds is 3. The molecular formula is C12H17F3N4O3. The molecule has 1 saturated heterocycles. The first-order chi connectivity index (χ1) is 10.2. The molecule has 0 radical (unpaired) electrons. The number of amides is 2. The average Bonchev–Trinajstić information content (AvgIpc) is 2.98. The summed E-state index contributed by atoms with van der Waals surface area (Å²) < 4.78 is 39.5. The van der Waals surface area contributed by atoms with Gasteiger partial charge in [0.1, 0.15) is 0 Å². The number of hydrogen-bond acceptors (Lipinski definition) is 4. The number of nitrogens with one attached hydrogen (secondary N) is 1. The van der Waals surface area contributed by atoms with E-state index in [2.05, 4.69) is 10.4 Å². The van der Waals surface area contributed by atoms with Crippen molar-refractivity contribution >= 4 is 6.03 Å². The van der Waals surface area contributed by atoms with Gasteiger partial charge in [0.2, 0.25) is 0 Å². The SMILES string of the molecule is Cn1ncc(C(F)(F)F)c1CNC(=O)N1C[C@H](O)C[C@H]1CO. The zero-order valence-electron chi connectivity index (χ0n) is 11.8. The molecule has 0 unspecified atom stereocenters. The number of alkyl halides is 3. The van der Waals surface area contributed by atoms with Crippen LogP contribution in [0.1, 0.15) is 17.7 Å². The zero-order chi connectivity index (χ0) is 16.5. The van der Waals surface area contributed by atoms with Gasteiger partial charge in [0.25, 0.3) is 0 Å². The molecule has 0 aromatic carbocycles. The van der Waals surface area contributed by atoms with E-state index in [1.54, 1.807) is 0 Å². The van der Waals surface area contributed by atoms with E-state index in [-0.39, 0.29) is 31.8 Å². The lowest BCUT2D eigenvalue weighted by atomic mass is 10.2. The quantitative estimate of drug-likeness (QED) is 0.735. The number of β-amino-alcohol motifs (C(OH)–C–C–N with tert-alkyl or cyclic N) is 1. The molecule has 1 fully saturated rings. The molecule has 2 rings (SSSR count).